The maximum atomic E-state index is 13.6. The molecule has 1 N–H and O–H groups in total. The van der Waals surface area contributed by atoms with Gasteiger partial charge < -0.3 is 5.11 Å². The summed E-state index contributed by atoms with van der Waals surface area (Å²) in [6.07, 6.45) is -1.08. The van der Waals surface area contributed by atoms with Crippen molar-refractivity contribution in [2.45, 2.75) is 17.9 Å². The van der Waals surface area contributed by atoms with Gasteiger partial charge >= 0.3 is 0 Å². The Hall–Kier alpha value is -1.39. The summed E-state index contributed by atoms with van der Waals surface area (Å²) in [6.45, 7) is 2.06. The lowest BCUT2D eigenvalue weighted by molar-refractivity contribution is 0.214. The van der Waals surface area contributed by atoms with Crippen molar-refractivity contribution in [2.24, 2.45) is 0 Å². The molecule has 1 nitrogen and oxygen atoms in total. The van der Waals surface area contributed by atoms with E-state index in [1.54, 1.807) is 23.9 Å². The summed E-state index contributed by atoms with van der Waals surface area (Å²) in [7, 11) is 0. The minimum absolute atomic E-state index is 0.0808. The quantitative estimate of drug-likeness (QED) is 0.849. The number of hydrogen-bond donors (Lipinski definition) is 1. The Bertz CT molecular complexity index is 555. The molecule has 0 aliphatic rings. The highest BCUT2D eigenvalue weighted by molar-refractivity contribution is 7.99. The molecule has 1 unspecified atom stereocenters. The third-order valence-electron chi connectivity index (χ3n) is 2.76. The van der Waals surface area contributed by atoms with Crippen LogP contribution < -0.4 is 0 Å². The molecular formula is C15H14F2OS. The molecule has 0 aliphatic heterocycles. The number of thioether (sulfide) groups is 1. The van der Waals surface area contributed by atoms with Crippen molar-refractivity contribution in [2.75, 3.05) is 5.75 Å². The van der Waals surface area contributed by atoms with E-state index in [0.29, 0.717) is 5.56 Å². The van der Waals surface area contributed by atoms with Crippen LogP contribution in [0.15, 0.2) is 47.4 Å². The second kappa shape index (κ2) is 6.17. The Morgan fingerprint density at radius 3 is 2.37 bits per heavy atom. The number of aliphatic hydroxyl groups excluding tert-OH is 1. The molecule has 0 bridgehead atoms. The lowest BCUT2D eigenvalue weighted by Crippen LogP contribution is -2.02. The van der Waals surface area contributed by atoms with Crippen LogP contribution in [0.2, 0.25) is 0 Å². The normalized spacial score (nSPS) is 12.4. The van der Waals surface area contributed by atoms with Gasteiger partial charge in [0.15, 0.2) is 0 Å². The van der Waals surface area contributed by atoms with Crippen molar-refractivity contribution in [1.82, 2.24) is 0 Å². The fraction of sp³-hybridized carbons (Fsp3) is 0.200. The standard InChI is InChI=1S/C15H14F2OS/c1-2-19-12-6-3-10(4-7-12)15(18)13-8-5-11(16)9-14(13)17/h3-9,15,18H,2H2,1H3. The lowest BCUT2D eigenvalue weighted by atomic mass is 10.0. The van der Waals surface area contributed by atoms with Crippen molar-refractivity contribution in [1.29, 1.82) is 0 Å². The summed E-state index contributed by atoms with van der Waals surface area (Å²) in [6, 6.07) is 10.5. The first-order valence-electron chi connectivity index (χ1n) is 5.97. The van der Waals surface area contributed by atoms with E-state index in [1.807, 2.05) is 12.1 Å². The van der Waals surface area contributed by atoms with Crippen LogP contribution in [0.25, 0.3) is 0 Å². The molecule has 4 heteroatoms. The molecule has 0 amide bonds. The lowest BCUT2D eigenvalue weighted by Gasteiger charge is -2.13. The fourth-order valence-electron chi connectivity index (χ4n) is 1.82. The Labute approximate surface area is 115 Å². The summed E-state index contributed by atoms with van der Waals surface area (Å²) in [4.78, 5) is 1.10. The predicted octanol–water partition coefficient (Wildman–Crippen LogP) is 4.16. The average Bonchev–Trinajstić information content (AvgIpc) is 2.39. The molecule has 0 radical (unpaired) electrons. The molecule has 100 valence electrons. The number of aliphatic hydroxyl groups is 1. The van der Waals surface area contributed by atoms with Crippen LogP contribution in [0.5, 0.6) is 0 Å². The van der Waals surface area contributed by atoms with Crippen LogP contribution in [0, 0.1) is 11.6 Å². The smallest absolute Gasteiger partial charge is 0.132 e. The Balaban J connectivity index is 2.25. The molecule has 2 aromatic rings. The fourth-order valence-corrected chi connectivity index (χ4v) is 2.48. The molecule has 0 heterocycles. The first-order chi connectivity index (χ1) is 9.11. The number of halogens is 2. The molecule has 0 aliphatic carbocycles. The summed E-state index contributed by atoms with van der Waals surface area (Å²) in [5, 5.41) is 10.1. The minimum Gasteiger partial charge on any atom is -0.384 e. The van der Waals surface area contributed by atoms with Gasteiger partial charge in [0.25, 0.3) is 0 Å². The maximum absolute atomic E-state index is 13.6. The minimum atomic E-state index is -1.08. The number of benzene rings is 2. The third kappa shape index (κ3) is 3.33. The molecule has 19 heavy (non-hydrogen) atoms. The van der Waals surface area contributed by atoms with Crippen LogP contribution in [-0.4, -0.2) is 10.9 Å². The topological polar surface area (TPSA) is 20.2 Å². The summed E-state index contributed by atoms with van der Waals surface area (Å²) >= 11 is 1.69. The van der Waals surface area contributed by atoms with E-state index < -0.39 is 17.7 Å². The van der Waals surface area contributed by atoms with Gasteiger partial charge in [-0.3, -0.25) is 0 Å². The zero-order valence-electron chi connectivity index (χ0n) is 10.4. The molecule has 0 fully saturated rings. The summed E-state index contributed by atoms with van der Waals surface area (Å²) in [5.41, 5.74) is 0.670. The van der Waals surface area contributed by atoms with E-state index >= 15 is 0 Å². The van der Waals surface area contributed by atoms with Gasteiger partial charge in [-0.05, 0) is 29.5 Å². The number of hydrogen-bond acceptors (Lipinski definition) is 2. The molecular weight excluding hydrogens is 266 g/mol. The largest absolute Gasteiger partial charge is 0.384 e. The third-order valence-corrected chi connectivity index (χ3v) is 3.66. The van der Waals surface area contributed by atoms with E-state index in [1.165, 1.54) is 6.07 Å². The van der Waals surface area contributed by atoms with E-state index in [4.69, 9.17) is 0 Å². The Morgan fingerprint density at radius 1 is 1.11 bits per heavy atom. The molecule has 2 rings (SSSR count). The van der Waals surface area contributed by atoms with E-state index in [-0.39, 0.29) is 5.56 Å². The Morgan fingerprint density at radius 2 is 1.79 bits per heavy atom. The second-order valence-electron chi connectivity index (χ2n) is 4.07. The van der Waals surface area contributed by atoms with Gasteiger partial charge in [0.05, 0.1) is 0 Å². The highest BCUT2D eigenvalue weighted by atomic mass is 32.2. The zero-order valence-corrected chi connectivity index (χ0v) is 11.3. The van der Waals surface area contributed by atoms with Crippen LogP contribution in [0.1, 0.15) is 24.2 Å². The van der Waals surface area contributed by atoms with Crippen LogP contribution >= 0.6 is 11.8 Å². The molecule has 0 aromatic heterocycles. The van der Waals surface area contributed by atoms with E-state index in [0.717, 1.165) is 22.8 Å². The highest BCUT2D eigenvalue weighted by Crippen LogP contribution is 2.27. The van der Waals surface area contributed by atoms with Crippen molar-refractivity contribution in [3.05, 3.63) is 65.2 Å². The molecule has 0 saturated carbocycles. The van der Waals surface area contributed by atoms with Crippen molar-refractivity contribution >= 4 is 11.8 Å². The maximum Gasteiger partial charge on any atom is 0.132 e. The average molecular weight is 280 g/mol. The van der Waals surface area contributed by atoms with Gasteiger partial charge in [-0.1, -0.05) is 25.1 Å². The van der Waals surface area contributed by atoms with Gasteiger partial charge in [0, 0.05) is 16.5 Å². The molecule has 0 saturated heterocycles. The highest BCUT2D eigenvalue weighted by Gasteiger charge is 2.15. The van der Waals surface area contributed by atoms with Gasteiger partial charge in [-0.2, -0.15) is 0 Å². The second-order valence-corrected chi connectivity index (χ2v) is 5.41. The molecule has 2 aromatic carbocycles. The number of rotatable bonds is 4. The Kier molecular flexibility index (Phi) is 4.56. The van der Waals surface area contributed by atoms with E-state index in [9.17, 15) is 13.9 Å². The summed E-state index contributed by atoms with van der Waals surface area (Å²) in [5.74, 6) is -0.420. The van der Waals surface area contributed by atoms with Gasteiger partial charge in [0.1, 0.15) is 17.7 Å². The monoisotopic (exact) mass is 280 g/mol. The zero-order chi connectivity index (χ0) is 13.8. The van der Waals surface area contributed by atoms with Gasteiger partial charge in [-0.15, -0.1) is 11.8 Å². The first-order valence-corrected chi connectivity index (χ1v) is 6.96. The van der Waals surface area contributed by atoms with Crippen LogP contribution in [-0.2, 0) is 0 Å². The first kappa shape index (κ1) is 14.0. The van der Waals surface area contributed by atoms with Crippen molar-refractivity contribution in [3.8, 4) is 0 Å². The van der Waals surface area contributed by atoms with Crippen LogP contribution in [0.3, 0.4) is 0 Å². The van der Waals surface area contributed by atoms with Gasteiger partial charge in [0.2, 0.25) is 0 Å². The predicted molar refractivity (Wildman–Crippen MR) is 73.3 cm³/mol. The summed E-state index contributed by atoms with van der Waals surface area (Å²) < 4.78 is 26.4. The molecule has 1 atom stereocenters. The van der Waals surface area contributed by atoms with Crippen molar-refractivity contribution in [3.63, 3.8) is 0 Å². The molecule has 0 spiro atoms. The van der Waals surface area contributed by atoms with Crippen LogP contribution in [0.4, 0.5) is 8.78 Å². The van der Waals surface area contributed by atoms with Gasteiger partial charge in [-0.25, -0.2) is 8.78 Å². The van der Waals surface area contributed by atoms with Crippen molar-refractivity contribution < 1.29 is 13.9 Å². The van der Waals surface area contributed by atoms with E-state index in [2.05, 4.69) is 6.92 Å². The SMILES string of the molecule is CCSc1ccc(C(O)c2ccc(F)cc2F)cc1.